The molecule has 0 aliphatic carbocycles. The van der Waals surface area contributed by atoms with E-state index >= 15 is 0 Å². The third-order valence-corrected chi connectivity index (χ3v) is 4.26. The van der Waals surface area contributed by atoms with Crippen LogP contribution in [0.2, 0.25) is 0 Å². The number of quaternary nitrogens is 1. The first-order valence-corrected chi connectivity index (χ1v) is 9.93. The highest BCUT2D eigenvalue weighted by molar-refractivity contribution is 5.93. The van der Waals surface area contributed by atoms with Gasteiger partial charge in [0.2, 0.25) is 5.91 Å². The predicted octanol–water partition coefficient (Wildman–Crippen LogP) is 1.53. The molecule has 2 aromatic carbocycles. The summed E-state index contributed by atoms with van der Waals surface area (Å²) in [5, 5.41) is 8.32. The van der Waals surface area contributed by atoms with Crippen LogP contribution in [0.25, 0.3) is 0 Å². The normalized spacial score (nSPS) is 11.3. The van der Waals surface area contributed by atoms with Gasteiger partial charge in [-0.1, -0.05) is 0 Å². The van der Waals surface area contributed by atoms with Gasteiger partial charge in [0, 0.05) is 24.0 Å². The van der Waals surface area contributed by atoms with Gasteiger partial charge < -0.3 is 25.6 Å². The average Bonchev–Trinajstić information content (AvgIpc) is 2.70. The Kier molecular flexibility index (Phi) is 8.83. The van der Waals surface area contributed by atoms with Crippen molar-refractivity contribution in [3.63, 3.8) is 0 Å². The maximum Gasteiger partial charge on any atom is 0.279 e. The molecule has 8 heteroatoms. The van der Waals surface area contributed by atoms with E-state index in [4.69, 9.17) is 4.74 Å². The number of carbonyl (C=O) groups excluding carboxylic acids is 3. The van der Waals surface area contributed by atoms with E-state index < -0.39 is 0 Å². The van der Waals surface area contributed by atoms with Crippen LogP contribution in [-0.4, -0.2) is 44.0 Å². The molecule has 0 fully saturated rings. The monoisotopic (exact) mass is 413 g/mol. The summed E-state index contributed by atoms with van der Waals surface area (Å²) in [7, 11) is 0. The molecule has 3 amide bonds. The second-order valence-electron chi connectivity index (χ2n) is 6.77. The van der Waals surface area contributed by atoms with E-state index in [0.29, 0.717) is 30.2 Å². The number of rotatable bonds is 10. The smallest absolute Gasteiger partial charge is 0.279 e. The molecule has 0 heterocycles. The number of anilines is 3. The van der Waals surface area contributed by atoms with Gasteiger partial charge in [0.1, 0.15) is 5.75 Å². The summed E-state index contributed by atoms with van der Waals surface area (Å²) < 4.78 is 5.38. The zero-order valence-corrected chi connectivity index (χ0v) is 17.6. The van der Waals surface area contributed by atoms with Crippen molar-refractivity contribution in [1.29, 1.82) is 0 Å². The van der Waals surface area contributed by atoms with Gasteiger partial charge in [0.15, 0.2) is 13.1 Å². The number of carbonyl (C=O) groups is 3. The lowest BCUT2D eigenvalue weighted by molar-refractivity contribution is -0.881. The summed E-state index contributed by atoms with van der Waals surface area (Å²) in [6, 6.07) is 14.0. The molecule has 0 saturated heterocycles. The van der Waals surface area contributed by atoms with Crippen molar-refractivity contribution < 1.29 is 24.0 Å². The van der Waals surface area contributed by atoms with Crippen molar-refractivity contribution in [2.24, 2.45) is 0 Å². The number of ether oxygens (including phenoxy) is 1. The molecule has 4 N–H and O–H groups in total. The van der Waals surface area contributed by atoms with Crippen LogP contribution in [0.1, 0.15) is 20.8 Å². The average molecular weight is 413 g/mol. The van der Waals surface area contributed by atoms with Crippen LogP contribution < -0.4 is 25.6 Å². The van der Waals surface area contributed by atoms with Crippen LogP contribution >= 0.6 is 0 Å². The van der Waals surface area contributed by atoms with Gasteiger partial charge in [-0.2, -0.15) is 0 Å². The Bertz CT molecular complexity index is 850. The SMILES string of the molecule is CCOc1ccc(NC(=O)C[NH+](CC)CC(=O)Nc2ccc(NC(C)=O)cc2)cc1. The fraction of sp³-hybridized carbons (Fsp3) is 0.318. The topological polar surface area (TPSA) is 101 Å². The lowest BCUT2D eigenvalue weighted by Crippen LogP contribution is -3.13. The highest BCUT2D eigenvalue weighted by Gasteiger charge is 2.17. The Morgan fingerprint density at radius 2 is 1.20 bits per heavy atom. The van der Waals surface area contributed by atoms with Crippen molar-refractivity contribution in [1.82, 2.24) is 0 Å². The molecule has 0 aromatic heterocycles. The number of nitrogens with one attached hydrogen (secondary N) is 4. The minimum absolute atomic E-state index is 0.155. The van der Waals surface area contributed by atoms with Gasteiger partial charge >= 0.3 is 0 Å². The largest absolute Gasteiger partial charge is 0.494 e. The van der Waals surface area contributed by atoms with Crippen LogP contribution in [0.3, 0.4) is 0 Å². The first kappa shape index (κ1) is 22.9. The van der Waals surface area contributed by atoms with E-state index in [1.165, 1.54) is 6.92 Å². The Morgan fingerprint density at radius 1 is 0.767 bits per heavy atom. The molecule has 30 heavy (non-hydrogen) atoms. The molecule has 0 spiro atoms. The third-order valence-electron chi connectivity index (χ3n) is 4.26. The lowest BCUT2D eigenvalue weighted by Gasteiger charge is -2.17. The Balaban J connectivity index is 1.82. The van der Waals surface area contributed by atoms with Crippen LogP contribution in [0.15, 0.2) is 48.5 Å². The minimum Gasteiger partial charge on any atom is -0.494 e. The zero-order valence-electron chi connectivity index (χ0n) is 17.6. The molecule has 0 bridgehead atoms. The van der Waals surface area contributed by atoms with E-state index in [1.54, 1.807) is 48.5 Å². The second kappa shape index (κ2) is 11.6. The highest BCUT2D eigenvalue weighted by Crippen LogP contribution is 2.15. The molecular formula is C22H29N4O4+. The summed E-state index contributed by atoms with van der Waals surface area (Å²) >= 11 is 0. The van der Waals surface area contributed by atoms with Crippen LogP contribution in [0, 0.1) is 0 Å². The standard InChI is InChI=1S/C22H28N4O4/c1-4-26(15-22(29)25-19-10-12-20(13-11-19)30-5-2)14-21(28)24-18-8-6-17(7-9-18)23-16(3)27/h6-13H,4-5,14-15H2,1-3H3,(H,23,27)(H,24,28)(H,25,29)/p+1. The van der Waals surface area contributed by atoms with Gasteiger partial charge in [-0.3, -0.25) is 14.4 Å². The van der Waals surface area contributed by atoms with E-state index in [-0.39, 0.29) is 30.8 Å². The quantitative estimate of drug-likeness (QED) is 0.474. The van der Waals surface area contributed by atoms with Crippen molar-refractivity contribution >= 4 is 34.8 Å². The van der Waals surface area contributed by atoms with Gasteiger partial charge in [-0.15, -0.1) is 0 Å². The zero-order chi connectivity index (χ0) is 21.9. The molecule has 0 radical (unpaired) electrons. The Morgan fingerprint density at radius 3 is 1.60 bits per heavy atom. The molecule has 8 nitrogen and oxygen atoms in total. The summed E-state index contributed by atoms with van der Waals surface area (Å²) in [6.07, 6.45) is 0. The van der Waals surface area contributed by atoms with E-state index in [0.717, 1.165) is 10.6 Å². The number of likely N-dealkylation sites (N-methyl/N-ethyl adjacent to an activating group) is 1. The maximum absolute atomic E-state index is 12.3. The molecule has 0 aliphatic rings. The maximum atomic E-state index is 12.3. The van der Waals surface area contributed by atoms with Crippen molar-refractivity contribution in [3.8, 4) is 5.75 Å². The first-order chi connectivity index (χ1) is 14.4. The number of amides is 3. The molecule has 2 aromatic rings. The number of benzene rings is 2. The van der Waals surface area contributed by atoms with Gasteiger partial charge in [-0.25, -0.2) is 0 Å². The van der Waals surface area contributed by atoms with Gasteiger partial charge in [0.05, 0.1) is 13.2 Å². The van der Waals surface area contributed by atoms with Crippen molar-refractivity contribution in [2.45, 2.75) is 20.8 Å². The van der Waals surface area contributed by atoms with Gasteiger partial charge in [0.25, 0.3) is 11.8 Å². The molecule has 0 saturated carbocycles. The summed E-state index contributed by atoms with van der Waals surface area (Å²) in [5.41, 5.74) is 1.97. The highest BCUT2D eigenvalue weighted by atomic mass is 16.5. The summed E-state index contributed by atoms with van der Waals surface area (Å²) in [6.45, 7) is 6.83. The van der Waals surface area contributed by atoms with E-state index in [2.05, 4.69) is 16.0 Å². The minimum atomic E-state index is -0.187. The first-order valence-electron chi connectivity index (χ1n) is 9.93. The summed E-state index contributed by atoms with van der Waals surface area (Å²) in [5.74, 6) is 0.243. The molecule has 0 aliphatic heterocycles. The lowest BCUT2D eigenvalue weighted by atomic mass is 10.2. The summed E-state index contributed by atoms with van der Waals surface area (Å²) in [4.78, 5) is 36.6. The van der Waals surface area contributed by atoms with Gasteiger partial charge in [-0.05, 0) is 62.4 Å². The fourth-order valence-electron chi connectivity index (χ4n) is 2.82. The molecule has 2 rings (SSSR count). The molecule has 1 atom stereocenters. The Hall–Kier alpha value is -3.39. The van der Waals surface area contributed by atoms with Crippen LogP contribution in [0.5, 0.6) is 5.75 Å². The number of hydrogen-bond acceptors (Lipinski definition) is 4. The fourth-order valence-corrected chi connectivity index (χ4v) is 2.82. The third kappa shape index (κ3) is 7.92. The molecule has 1 unspecified atom stereocenters. The van der Waals surface area contributed by atoms with Crippen LogP contribution in [-0.2, 0) is 14.4 Å². The predicted molar refractivity (Wildman–Crippen MR) is 117 cm³/mol. The molecular weight excluding hydrogens is 384 g/mol. The van der Waals surface area contributed by atoms with Crippen molar-refractivity contribution in [3.05, 3.63) is 48.5 Å². The number of hydrogen-bond donors (Lipinski definition) is 4. The second-order valence-corrected chi connectivity index (χ2v) is 6.77. The Labute approximate surface area is 176 Å². The molecule has 160 valence electrons. The van der Waals surface area contributed by atoms with E-state index in [9.17, 15) is 14.4 Å². The van der Waals surface area contributed by atoms with Crippen molar-refractivity contribution in [2.75, 3.05) is 42.2 Å². The van der Waals surface area contributed by atoms with E-state index in [1.807, 2.05) is 13.8 Å². The van der Waals surface area contributed by atoms with Crippen LogP contribution in [0.4, 0.5) is 17.1 Å².